The second-order valence-electron chi connectivity index (χ2n) is 4.27. The zero-order chi connectivity index (χ0) is 12.5. The number of anilines is 1. The Morgan fingerprint density at radius 1 is 1.28 bits per heavy atom. The van der Waals surface area contributed by atoms with Gasteiger partial charge in [0.15, 0.2) is 11.3 Å². The van der Waals surface area contributed by atoms with Crippen molar-refractivity contribution in [1.29, 1.82) is 0 Å². The van der Waals surface area contributed by atoms with Gasteiger partial charge in [0, 0.05) is 37.6 Å². The fourth-order valence-corrected chi connectivity index (χ4v) is 2.35. The molecule has 6 nitrogen and oxygen atoms in total. The molecule has 0 spiro atoms. The van der Waals surface area contributed by atoms with Crippen LogP contribution in [0.1, 0.15) is 0 Å². The van der Waals surface area contributed by atoms with E-state index in [1.165, 1.54) is 0 Å². The van der Waals surface area contributed by atoms with Crippen LogP contribution in [0.3, 0.4) is 0 Å². The Labute approximate surface area is 103 Å². The number of nitro groups is 1. The molecule has 94 valence electrons. The molecule has 0 atom stereocenters. The zero-order valence-electron chi connectivity index (χ0n) is 9.76. The van der Waals surface area contributed by atoms with Crippen molar-refractivity contribution >= 4 is 22.3 Å². The highest BCUT2D eigenvalue weighted by Crippen LogP contribution is 2.36. The van der Waals surface area contributed by atoms with Crippen LogP contribution in [0.2, 0.25) is 0 Å². The van der Waals surface area contributed by atoms with Crippen LogP contribution in [0.4, 0.5) is 11.4 Å². The lowest BCUT2D eigenvalue weighted by atomic mass is 10.1. The highest BCUT2D eigenvalue weighted by molar-refractivity contribution is 5.94. The van der Waals surface area contributed by atoms with E-state index in [0.29, 0.717) is 11.3 Å². The molecular formula is C12H13N3O3. The van der Waals surface area contributed by atoms with Crippen LogP contribution in [0.25, 0.3) is 11.0 Å². The molecule has 2 aromatic rings. The highest BCUT2D eigenvalue weighted by atomic mass is 16.6. The van der Waals surface area contributed by atoms with Gasteiger partial charge in [-0.3, -0.25) is 10.1 Å². The number of nitro benzene ring substituents is 1. The summed E-state index contributed by atoms with van der Waals surface area (Å²) in [4.78, 5) is 12.8. The standard InChI is InChI=1S/C12H13N3O3/c16-15(17)10-2-1-9-3-8-18-12(9)11(10)14-6-4-13-5-7-14/h1-3,8,13H,4-7H2. The lowest BCUT2D eigenvalue weighted by Gasteiger charge is -2.28. The number of hydrogen-bond acceptors (Lipinski definition) is 5. The van der Waals surface area contributed by atoms with Gasteiger partial charge in [0.05, 0.1) is 11.2 Å². The van der Waals surface area contributed by atoms with Crippen LogP contribution in [-0.4, -0.2) is 31.1 Å². The van der Waals surface area contributed by atoms with Crippen LogP contribution < -0.4 is 10.2 Å². The van der Waals surface area contributed by atoms with Crippen molar-refractivity contribution in [2.24, 2.45) is 0 Å². The van der Waals surface area contributed by atoms with Crippen LogP contribution in [0.5, 0.6) is 0 Å². The molecule has 0 unspecified atom stereocenters. The molecule has 18 heavy (non-hydrogen) atoms. The first kappa shape index (κ1) is 11.0. The Balaban J connectivity index is 2.18. The first-order valence-electron chi connectivity index (χ1n) is 5.87. The first-order chi connectivity index (χ1) is 8.77. The summed E-state index contributed by atoms with van der Waals surface area (Å²) in [6.07, 6.45) is 1.57. The molecule has 1 aromatic carbocycles. The molecular weight excluding hydrogens is 234 g/mol. The molecule has 3 rings (SSSR count). The van der Waals surface area contributed by atoms with E-state index in [9.17, 15) is 10.1 Å². The van der Waals surface area contributed by atoms with Crippen LogP contribution in [0.15, 0.2) is 28.9 Å². The predicted molar refractivity (Wildman–Crippen MR) is 68.0 cm³/mol. The molecule has 2 heterocycles. The Morgan fingerprint density at radius 3 is 2.78 bits per heavy atom. The Kier molecular flexibility index (Phi) is 2.64. The largest absolute Gasteiger partial charge is 0.462 e. The third kappa shape index (κ3) is 1.70. The van der Waals surface area contributed by atoms with E-state index in [1.54, 1.807) is 18.4 Å². The number of piperazine rings is 1. The number of hydrogen-bond donors (Lipinski definition) is 1. The quantitative estimate of drug-likeness (QED) is 0.646. The third-order valence-electron chi connectivity index (χ3n) is 3.20. The molecule has 1 saturated heterocycles. The monoisotopic (exact) mass is 247 g/mol. The summed E-state index contributed by atoms with van der Waals surface area (Å²) in [5, 5.41) is 15.3. The number of furan rings is 1. The Hall–Kier alpha value is -2.08. The normalized spacial score (nSPS) is 16.1. The molecule has 1 aromatic heterocycles. The smallest absolute Gasteiger partial charge is 0.296 e. The van der Waals surface area contributed by atoms with Gasteiger partial charge in [0.2, 0.25) is 0 Å². The van der Waals surface area contributed by atoms with Gasteiger partial charge in [0.1, 0.15) is 0 Å². The van der Waals surface area contributed by atoms with E-state index in [0.717, 1.165) is 31.6 Å². The lowest BCUT2D eigenvalue weighted by Crippen LogP contribution is -2.43. The average molecular weight is 247 g/mol. The van der Waals surface area contributed by atoms with E-state index in [1.807, 2.05) is 11.0 Å². The molecule has 1 fully saturated rings. The molecule has 0 radical (unpaired) electrons. The van der Waals surface area contributed by atoms with Gasteiger partial charge in [-0.1, -0.05) is 0 Å². The molecule has 0 aliphatic carbocycles. The first-order valence-corrected chi connectivity index (χ1v) is 5.87. The average Bonchev–Trinajstić information content (AvgIpc) is 2.86. The summed E-state index contributed by atoms with van der Waals surface area (Å²) in [5.41, 5.74) is 1.31. The topological polar surface area (TPSA) is 71.5 Å². The second-order valence-corrected chi connectivity index (χ2v) is 4.27. The predicted octanol–water partition coefficient (Wildman–Crippen LogP) is 1.75. The third-order valence-corrected chi connectivity index (χ3v) is 3.20. The second kappa shape index (κ2) is 4.30. The van der Waals surface area contributed by atoms with Gasteiger partial charge < -0.3 is 14.6 Å². The minimum Gasteiger partial charge on any atom is -0.462 e. The molecule has 1 aliphatic rings. The van der Waals surface area contributed by atoms with Gasteiger partial charge in [-0.2, -0.15) is 0 Å². The number of nitrogens with one attached hydrogen (secondary N) is 1. The summed E-state index contributed by atoms with van der Waals surface area (Å²) >= 11 is 0. The number of benzene rings is 1. The van der Waals surface area contributed by atoms with Crippen molar-refractivity contribution < 1.29 is 9.34 Å². The Bertz CT molecular complexity index is 587. The van der Waals surface area contributed by atoms with E-state index in [4.69, 9.17) is 4.42 Å². The minimum absolute atomic E-state index is 0.111. The maximum absolute atomic E-state index is 11.2. The van der Waals surface area contributed by atoms with Crippen molar-refractivity contribution in [3.05, 3.63) is 34.6 Å². The maximum atomic E-state index is 11.2. The number of nitrogens with zero attached hydrogens (tertiary/aromatic N) is 2. The fourth-order valence-electron chi connectivity index (χ4n) is 2.35. The molecule has 0 bridgehead atoms. The minimum atomic E-state index is -0.348. The van der Waals surface area contributed by atoms with Crippen LogP contribution in [-0.2, 0) is 0 Å². The summed E-state index contributed by atoms with van der Waals surface area (Å²) in [7, 11) is 0. The summed E-state index contributed by atoms with van der Waals surface area (Å²) in [6.45, 7) is 3.16. The van der Waals surface area contributed by atoms with Crippen LogP contribution >= 0.6 is 0 Å². The molecule has 0 saturated carbocycles. The summed E-state index contributed by atoms with van der Waals surface area (Å²) in [5.74, 6) is 0. The van der Waals surface area contributed by atoms with E-state index in [-0.39, 0.29) is 10.6 Å². The molecule has 1 N–H and O–H groups in total. The number of rotatable bonds is 2. The number of fused-ring (bicyclic) bond motifs is 1. The van der Waals surface area contributed by atoms with Crippen molar-refractivity contribution in [1.82, 2.24) is 5.32 Å². The van der Waals surface area contributed by atoms with Gasteiger partial charge in [-0.25, -0.2) is 0 Å². The van der Waals surface area contributed by atoms with Gasteiger partial charge in [-0.15, -0.1) is 0 Å². The molecule has 1 aliphatic heterocycles. The van der Waals surface area contributed by atoms with Crippen molar-refractivity contribution in [2.75, 3.05) is 31.1 Å². The SMILES string of the molecule is O=[N+]([O-])c1ccc2ccoc2c1N1CCNCC1. The van der Waals surface area contributed by atoms with Gasteiger partial charge in [0.25, 0.3) is 5.69 Å². The van der Waals surface area contributed by atoms with E-state index < -0.39 is 0 Å². The fraction of sp³-hybridized carbons (Fsp3) is 0.333. The van der Waals surface area contributed by atoms with Crippen molar-refractivity contribution in [3.63, 3.8) is 0 Å². The Morgan fingerprint density at radius 2 is 2.06 bits per heavy atom. The molecule has 6 heteroatoms. The molecule has 0 amide bonds. The van der Waals surface area contributed by atoms with Crippen molar-refractivity contribution in [2.45, 2.75) is 0 Å². The van der Waals surface area contributed by atoms with Crippen LogP contribution in [0, 0.1) is 10.1 Å². The van der Waals surface area contributed by atoms with Crippen molar-refractivity contribution in [3.8, 4) is 0 Å². The summed E-state index contributed by atoms with van der Waals surface area (Å²) < 4.78 is 5.43. The highest BCUT2D eigenvalue weighted by Gasteiger charge is 2.25. The van der Waals surface area contributed by atoms with E-state index in [2.05, 4.69) is 5.32 Å². The maximum Gasteiger partial charge on any atom is 0.296 e. The lowest BCUT2D eigenvalue weighted by molar-refractivity contribution is -0.384. The van der Waals surface area contributed by atoms with E-state index >= 15 is 0 Å². The zero-order valence-corrected chi connectivity index (χ0v) is 9.76. The van der Waals surface area contributed by atoms with Gasteiger partial charge >= 0.3 is 0 Å². The summed E-state index contributed by atoms with van der Waals surface area (Å²) in [6, 6.07) is 5.10. The van der Waals surface area contributed by atoms with Gasteiger partial charge in [-0.05, 0) is 12.1 Å².